The SMILES string of the molecule is COC(C)C(=O)NC1(C(=O)O)CCCCC1C. The summed E-state index contributed by atoms with van der Waals surface area (Å²) in [6, 6.07) is 0. The molecule has 0 aliphatic heterocycles. The van der Waals surface area contributed by atoms with Crippen LogP contribution in [0.5, 0.6) is 0 Å². The van der Waals surface area contributed by atoms with Crippen LogP contribution < -0.4 is 5.32 Å². The summed E-state index contributed by atoms with van der Waals surface area (Å²) in [6.07, 6.45) is 2.55. The number of hydrogen-bond acceptors (Lipinski definition) is 3. The van der Waals surface area contributed by atoms with Crippen molar-refractivity contribution < 1.29 is 19.4 Å². The second kappa shape index (κ2) is 5.49. The molecule has 0 heterocycles. The van der Waals surface area contributed by atoms with Crippen LogP contribution in [0.3, 0.4) is 0 Å². The minimum Gasteiger partial charge on any atom is -0.479 e. The highest BCUT2D eigenvalue weighted by Crippen LogP contribution is 2.34. The molecule has 3 atom stereocenters. The van der Waals surface area contributed by atoms with Crippen LogP contribution in [0.4, 0.5) is 0 Å². The molecule has 0 radical (unpaired) electrons. The van der Waals surface area contributed by atoms with Gasteiger partial charge in [0, 0.05) is 7.11 Å². The minimum atomic E-state index is -1.12. The van der Waals surface area contributed by atoms with Crippen LogP contribution in [0.1, 0.15) is 39.5 Å². The van der Waals surface area contributed by atoms with E-state index in [0.717, 1.165) is 19.3 Å². The molecule has 1 rings (SSSR count). The number of carbonyl (C=O) groups is 2. The summed E-state index contributed by atoms with van der Waals surface area (Å²) in [6.45, 7) is 3.49. The monoisotopic (exact) mass is 243 g/mol. The van der Waals surface area contributed by atoms with Crippen LogP contribution in [0.15, 0.2) is 0 Å². The zero-order valence-electron chi connectivity index (χ0n) is 10.7. The quantitative estimate of drug-likeness (QED) is 0.777. The first-order valence-corrected chi connectivity index (χ1v) is 6.02. The highest BCUT2D eigenvalue weighted by Gasteiger charge is 2.46. The lowest BCUT2D eigenvalue weighted by Gasteiger charge is -2.40. The van der Waals surface area contributed by atoms with Crippen molar-refractivity contribution in [1.82, 2.24) is 5.32 Å². The van der Waals surface area contributed by atoms with E-state index in [1.165, 1.54) is 7.11 Å². The summed E-state index contributed by atoms with van der Waals surface area (Å²) in [5, 5.41) is 12.1. The van der Waals surface area contributed by atoms with Crippen molar-refractivity contribution >= 4 is 11.9 Å². The molecule has 0 aromatic heterocycles. The van der Waals surface area contributed by atoms with E-state index in [1.807, 2.05) is 6.92 Å². The fourth-order valence-electron chi connectivity index (χ4n) is 2.33. The van der Waals surface area contributed by atoms with Gasteiger partial charge in [0.2, 0.25) is 5.91 Å². The molecule has 2 N–H and O–H groups in total. The third-order valence-corrected chi connectivity index (χ3v) is 3.75. The summed E-state index contributed by atoms with van der Waals surface area (Å²) < 4.78 is 4.91. The molecule has 0 spiro atoms. The number of carboxylic acid groups (broad SMARTS) is 1. The first-order chi connectivity index (χ1) is 7.94. The van der Waals surface area contributed by atoms with Gasteiger partial charge in [0.05, 0.1) is 0 Å². The lowest BCUT2D eigenvalue weighted by molar-refractivity contribution is -0.153. The molecule has 17 heavy (non-hydrogen) atoms. The Morgan fingerprint density at radius 2 is 2.12 bits per heavy atom. The molecule has 1 aliphatic carbocycles. The first-order valence-electron chi connectivity index (χ1n) is 6.02. The smallest absolute Gasteiger partial charge is 0.329 e. The van der Waals surface area contributed by atoms with Crippen molar-refractivity contribution in [1.29, 1.82) is 0 Å². The summed E-state index contributed by atoms with van der Waals surface area (Å²) in [5.74, 6) is -1.35. The van der Waals surface area contributed by atoms with Gasteiger partial charge in [-0.3, -0.25) is 4.79 Å². The zero-order valence-corrected chi connectivity index (χ0v) is 10.7. The number of methoxy groups -OCH3 is 1. The Kier molecular flexibility index (Phi) is 4.51. The number of ether oxygens (including phenoxy) is 1. The highest BCUT2D eigenvalue weighted by atomic mass is 16.5. The van der Waals surface area contributed by atoms with Gasteiger partial charge in [-0.05, 0) is 25.7 Å². The van der Waals surface area contributed by atoms with E-state index in [0.29, 0.717) is 6.42 Å². The van der Waals surface area contributed by atoms with Crippen LogP contribution in [0.2, 0.25) is 0 Å². The van der Waals surface area contributed by atoms with E-state index in [-0.39, 0.29) is 11.8 Å². The Morgan fingerprint density at radius 3 is 2.59 bits per heavy atom. The van der Waals surface area contributed by atoms with E-state index in [9.17, 15) is 14.7 Å². The molecule has 0 bridgehead atoms. The molecule has 1 amide bonds. The van der Waals surface area contributed by atoms with Crippen LogP contribution in [0.25, 0.3) is 0 Å². The van der Waals surface area contributed by atoms with E-state index >= 15 is 0 Å². The maximum Gasteiger partial charge on any atom is 0.329 e. The fraction of sp³-hybridized carbons (Fsp3) is 0.833. The Labute approximate surface area is 102 Å². The van der Waals surface area contributed by atoms with Crippen molar-refractivity contribution in [3.63, 3.8) is 0 Å². The average molecular weight is 243 g/mol. The topological polar surface area (TPSA) is 75.6 Å². The molecule has 3 unspecified atom stereocenters. The van der Waals surface area contributed by atoms with Gasteiger partial charge in [-0.2, -0.15) is 0 Å². The van der Waals surface area contributed by atoms with Gasteiger partial charge in [-0.25, -0.2) is 4.79 Å². The molecular formula is C12H21NO4. The molecule has 98 valence electrons. The number of carboxylic acids is 1. The summed E-state index contributed by atoms with van der Waals surface area (Å²) in [4.78, 5) is 23.3. The summed E-state index contributed by atoms with van der Waals surface area (Å²) in [5.41, 5.74) is -1.12. The lowest BCUT2D eigenvalue weighted by Crippen LogP contribution is -2.61. The number of carbonyl (C=O) groups excluding carboxylic acids is 1. The molecular weight excluding hydrogens is 222 g/mol. The molecule has 5 nitrogen and oxygen atoms in total. The van der Waals surface area contributed by atoms with Gasteiger partial charge in [0.1, 0.15) is 11.6 Å². The van der Waals surface area contributed by atoms with Crippen molar-refractivity contribution in [2.45, 2.75) is 51.2 Å². The molecule has 5 heteroatoms. The molecule has 0 aromatic rings. The predicted octanol–water partition coefficient (Wildman–Crippen LogP) is 1.17. The fourth-order valence-corrected chi connectivity index (χ4v) is 2.33. The third-order valence-electron chi connectivity index (χ3n) is 3.75. The van der Waals surface area contributed by atoms with Crippen LogP contribution in [0, 0.1) is 5.92 Å². The van der Waals surface area contributed by atoms with Crippen LogP contribution >= 0.6 is 0 Å². The van der Waals surface area contributed by atoms with Crippen LogP contribution in [-0.4, -0.2) is 35.7 Å². The zero-order chi connectivity index (χ0) is 13.1. The second-order valence-electron chi connectivity index (χ2n) is 4.79. The van der Waals surface area contributed by atoms with Gasteiger partial charge >= 0.3 is 5.97 Å². The van der Waals surface area contributed by atoms with Gasteiger partial charge in [0.25, 0.3) is 0 Å². The predicted molar refractivity (Wildman–Crippen MR) is 62.6 cm³/mol. The molecule has 1 aliphatic rings. The van der Waals surface area contributed by atoms with Crippen molar-refractivity contribution in [3.05, 3.63) is 0 Å². The Balaban J connectivity index is 2.85. The van der Waals surface area contributed by atoms with E-state index in [4.69, 9.17) is 4.74 Å². The average Bonchev–Trinajstić information content (AvgIpc) is 2.30. The van der Waals surface area contributed by atoms with Gasteiger partial charge in [-0.15, -0.1) is 0 Å². The normalized spacial score (nSPS) is 30.6. The van der Waals surface area contributed by atoms with Crippen molar-refractivity contribution in [2.24, 2.45) is 5.92 Å². The number of rotatable bonds is 4. The van der Waals surface area contributed by atoms with Crippen molar-refractivity contribution in [3.8, 4) is 0 Å². The molecule has 1 saturated carbocycles. The van der Waals surface area contributed by atoms with Gasteiger partial charge in [0.15, 0.2) is 0 Å². The number of hydrogen-bond donors (Lipinski definition) is 2. The summed E-state index contributed by atoms with van der Waals surface area (Å²) in [7, 11) is 1.43. The Morgan fingerprint density at radius 1 is 1.47 bits per heavy atom. The maximum absolute atomic E-state index is 11.8. The second-order valence-corrected chi connectivity index (χ2v) is 4.79. The van der Waals surface area contributed by atoms with Gasteiger partial charge < -0.3 is 15.2 Å². The largest absolute Gasteiger partial charge is 0.479 e. The number of nitrogens with one attached hydrogen (secondary N) is 1. The van der Waals surface area contributed by atoms with Crippen LogP contribution in [-0.2, 0) is 14.3 Å². The number of aliphatic carboxylic acids is 1. The molecule has 1 fully saturated rings. The van der Waals surface area contributed by atoms with E-state index in [1.54, 1.807) is 6.92 Å². The van der Waals surface area contributed by atoms with E-state index in [2.05, 4.69) is 5.32 Å². The van der Waals surface area contributed by atoms with E-state index < -0.39 is 17.6 Å². The minimum absolute atomic E-state index is 0.0539. The standard InChI is InChI=1S/C12H21NO4/c1-8-6-4-5-7-12(8,11(15)16)13-10(14)9(2)17-3/h8-9H,4-7H2,1-3H3,(H,13,14)(H,15,16). The Bertz CT molecular complexity index is 305. The third kappa shape index (κ3) is 2.77. The summed E-state index contributed by atoms with van der Waals surface area (Å²) >= 11 is 0. The molecule has 0 saturated heterocycles. The lowest BCUT2D eigenvalue weighted by atomic mass is 9.73. The maximum atomic E-state index is 11.8. The number of amides is 1. The highest BCUT2D eigenvalue weighted by molar-refractivity contribution is 5.89. The molecule has 0 aromatic carbocycles. The Hall–Kier alpha value is -1.10. The van der Waals surface area contributed by atoms with Crippen molar-refractivity contribution in [2.75, 3.05) is 7.11 Å². The van der Waals surface area contributed by atoms with Gasteiger partial charge in [-0.1, -0.05) is 19.8 Å². The first kappa shape index (κ1) is 14.0.